The third kappa shape index (κ3) is 5.30. The van der Waals surface area contributed by atoms with Gasteiger partial charge in [0, 0.05) is 24.4 Å². The van der Waals surface area contributed by atoms with Gasteiger partial charge in [-0.05, 0) is 25.1 Å². The summed E-state index contributed by atoms with van der Waals surface area (Å²) in [6.07, 6.45) is 1.92. The van der Waals surface area contributed by atoms with Gasteiger partial charge in [0.2, 0.25) is 0 Å². The second-order valence-corrected chi connectivity index (χ2v) is 9.00. The number of rotatable bonds is 8. The fourth-order valence-electron chi connectivity index (χ4n) is 3.44. The summed E-state index contributed by atoms with van der Waals surface area (Å²) in [6, 6.07) is 7.55. The summed E-state index contributed by atoms with van der Waals surface area (Å²) in [5.41, 5.74) is 0.186. The zero-order valence-electron chi connectivity index (χ0n) is 18.7. The molecule has 0 fully saturated rings. The molecule has 1 amide bonds. The molecule has 1 unspecified atom stereocenters. The highest BCUT2D eigenvalue weighted by atomic mass is 32.2. The number of benzene rings is 1. The van der Waals surface area contributed by atoms with Crippen LogP contribution >= 0.6 is 0 Å². The van der Waals surface area contributed by atoms with Gasteiger partial charge in [-0.25, -0.2) is 18.6 Å². The Morgan fingerprint density at radius 2 is 2.00 bits per heavy atom. The van der Waals surface area contributed by atoms with Gasteiger partial charge in [0.25, 0.3) is 16.1 Å². The zero-order valence-corrected chi connectivity index (χ0v) is 19.5. The summed E-state index contributed by atoms with van der Waals surface area (Å²) in [5.74, 6) is -1.53. The van der Waals surface area contributed by atoms with Gasteiger partial charge in [0.15, 0.2) is 23.1 Å². The fraction of sp³-hybridized carbons (Fsp3) is 0.227. The molecule has 1 atom stereocenters. The number of halogens is 2. The van der Waals surface area contributed by atoms with E-state index in [0.29, 0.717) is 5.69 Å². The number of fused-ring (bicyclic) bond motifs is 1. The van der Waals surface area contributed by atoms with Crippen molar-refractivity contribution in [3.8, 4) is 17.4 Å². The standard InChI is InChI=1S/C22H21F2N5O5S/c1-3-27-35(31,32)28-17-8-4-6-14(19(17)24)12-29-13(2)20-18(34-22(29)30)10-15(11-26-20)33-21-16(23)7-5-9-25-21/h4-11,13,27-28H,3,12H2,1-2H3. The first kappa shape index (κ1) is 24.3. The molecule has 0 aliphatic carbocycles. The molecule has 4 rings (SSSR count). The molecular formula is C22H21F2N5O5S. The average molecular weight is 506 g/mol. The maximum absolute atomic E-state index is 15.0. The van der Waals surface area contributed by atoms with Crippen molar-refractivity contribution in [3.63, 3.8) is 0 Å². The summed E-state index contributed by atoms with van der Waals surface area (Å²) in [6.45, 7) is 3.19. The van der Waals surface area contributed by atoms with Crippen molar-refractivity contribution in [2.75, 3.05) is 11.3 Å². The van der Waals surface area contributed by atoms with E-state index in [4.69, 9.17) is 9.47 Å². The number of hydrogen-bond acceptors (Lipinski definition) is 7. The van der Waals surface area contributed by atoms with Gasteiger partial charge < -0.3 is 9.47 Å². The second-order valence-electron chi connectivity index (χ2n) is 7.50. The van der Waals surface area contributed by atoms with E-state index in [9.17, 15) is 17.6 Å². The highest BCUT2D eigenvalue weighted by Crippen LogP contribution is 2.37. The number of nitrogens with zero attached hydrogens (tertiary/aromatic N) is 3. The third-order valence-electron chi connectivity index (χ3n) is 5.09. The molecule has 13 heteroatoms. The molecule has 2 aromatic heterocycles. The van der Waals surface area contributed by atoms with Crippen LogP contribution in [0.5, 0.6) is 17.4 Å². The van der Waals surface area contributed by atoms with Crippen LogP contribution in [0.1, 0.15) is 31.1 Å². The quantitative estimate of drug-likeness (QED) is 0.476. The average Bonchev–Trinajstić information content (AvgIpc) is 2.80. The summed E-state index contributed by atoms with van der Waals surface area (Å²) in [5, 5.41) is 0. The van der Waals surface area contributed by atoms with Crippen molar-refractivity contribution in [1.29, 1.82) is 0 Å². The van der Waals surface area contributed by atoms with Gasteiger partial charge in [0.05, 0.1) is 24.5 Å². The highest BCUT2D eigenvalue weighted by molar-refractivity contribution is 7.90. The molecule has 0 radical (unpaired) electrons. The van der Waals surface area contributed by atoms with Crippen LogP contribution in [0.15, 0.2) is 48.8 Å². The Morgan fingerprint density at radius 3 is 2.74 bits per heavy atom. The minimum absolute atomic E-state index is 0.0690. The number of pyridine rings is 2. The summed E-state index contributed by atoms with van der Waals surface area (Å²) in [7, 11) is -3.94. The van der Waals surface area contributed by atoms with Crippen molar-refractivity contribution < 1.29 is 31.5 Å². The Balaban J connectivity index is 1.55. The lowest BCUT2D eigenvalue weighted by Gasteiger charge is -2.33. The van der Waals surface area contributed by atoms with Gasteiger partial charge in [-0.3, -0.25) is 14.6 Å². The number of anilines is 1. The topological polar surface area (TPSA) is 123 Å². The zero-order chi connectivity index (χ0) is 25.2. The van der Waals surface area contributed by atoms with Crippen LogP contribution in [0.3, 0.4) is 0 Å². The number of carbonyl (C=O) groups is 1. The minimum Gasteiger partial charge on any atom is -0.435 e. The molecule has 3 aromatic rings. The number of carbonyl (C=O) groups excluding carboxylic acids is 1. The SMILES string of the molecule is CCNS(=O)(=O)Nc1cccc(CN2C(=O)Oc3cc(Oc4ncccc4F)cnc3C2C)c1F. The Hall–Kier alpha value is -3.84. The maximum atomic E-state index is 15.0. The Bertz CT molecular complexity index is 1370. The highest BCUT2D eigenvalue weighted by Gasteiger charge is 2.34. The monoisotopic (exact) mass is 505 g/mol. The molecule has 0 bridgehead atoms. The van der Waals surface area contributed by atoms with Crippen LogP contribution in [-0.2, 0) is 16.8 Å². The molecule has 0 saturated heterocycles. The lowest BCUT2D eigenvalue weighted by molar-refractivity contribution is 0.114. The first-order valence-electron chi connectivity index (χ1n) is 10.5. The number of hydrogen-bond donors (Lipinski definition) is 2. The molecule has 35 heavy (non-hydrogen) atoms. The van der Waals surface area contributed by atoms with E-state index in [-0.39, 0.29) is 41.7 Å². The van der Waals surface area contributed by atoms with Gasteiger partial charge in [-0.15, -0.1) is 0 Å². The Labute approximate surface area is 200 Å². The number of ether oxygens (including phenoxy) is 2. The lowest BCUT2D eigenvalue weighted by Crippen LogP contribution is -2.40. The molecule has 1 aliphatic heterocycles. The van der Waals surface area contributed by atoms with Crippen molar-refractivity contribution in [2.24, 2.45) is 0 Å². The van der Waals surface area contributed by atoms with Crippen LogP contribution in [0.4, 0.5) is 19.3 Å². The van der Waals surface area contributed by atoms with Gasteiger partial charge in [0.1, 0.15) is 5.69 Å². The van der Waals surface area contributed by atoms with Crippen molar-refractivity contribution >= 4 is 22.0 Å². The molecule has 184 valence electrons. The van der Waals surface area contributed by atoms with E-state index >= 15 is 4.39 Å². The molecule has 2 N–H and O–H groups in total. The van der Waals surface area contributed by atoms with Crippen molar-refractivity contribution in [1.82, 2.24) is 19.6 Å². The molecule has 0 saturated carbocycles. The van der Waals surface area contributed by atoms with Crippen LogP contribution in [0.25, 0.3) is 0 Å². The molecule has 3 heterocycles. The molecule has 1 aromatic carbocycles. The minimum atomic E-state index is -3.94. The summed E-state index contributed by atoms with van der Waals surface area (Å²) >= 11 is 0. The number of aromatic nitrogens is 2. The lowest BCUT2D eigenvalue weighted by atomic mass is 10.1. The Kier molecular flexibility index (Phi) is 6.80. The molecule has 0 spiro atoms. The van der Waals surface area contributed by atoms with E-state index in [1.165, 1.54) is 53.7 Å². The van der Waals surface area contributed by atoms with Gasteiger partial charge >= 0.3 is 6.09 Å². The molecule has 1 aliphatic rings. The van der Waals surface area contributed by atoms with Crippen LogP contribution in [0.2, 0.25) is 0 Å². The fourth-order valence-corrected chi connectivity index (χ4v) is 4.34. The predicted molar refractivity (Wildman–Crippen MR) is 121 cm³/mol. The van der Waals surface area contributed by atoms with Crippen LogP contribution in [0, 0.1) is 11.6 Å². The van der Waals surface area contributed by atoms with E-state index in [2.05, 4.69) is 19.4 Å². The normalized spacial score (nSPS) is 15.4. The Morgan fingerprint density at radius 1 is 1.20 bits per heavy atom. The van der Waals surface area contributed by atoms with Crippen LogP contribution < -0.4 is 18.9 Å². The summed E-state index contributed by atoms with van der Waals surface area (Å²) in [4.78, 5) is 22.0. The van der Waals surface area contributed by atoms with Crippen LogP contribution in [-0.4, -0.2) is 35.9 Å². The van der Waals surface area contributed by atoms with E-state index in [1.54, 1.807) is 13.8 Å². The van der Waals surface area contributed by atoms with Gasteiger partial charge in [-0.1, -0.05) is 19.1 Å². The largest absolute Gasteiger partial charge is 0.435 e. The van der Waals surface area contributed by atoms with Gasteiger partial charge in [-0.2, -0.15) is 13.1 Å². The van der Waals surface area contributed by atoms with E-state index in [1.807, 2.05) is 0 Å². The van der Waals surface area contributed by atoms with E-state index in [0.717, 1.165) is 0 Å². The predicted octanol–water partition coefficient (Wildman–Crippen LogP) is 3.89. The number of nitrogens with one attached hydrogen (secondary N) is 2. The smallest absolute Gasteiger partial charge is 0.416 e. The van der Waals surface area contributed by atoms with Crippen molar-refractivity contribution in [3.05, 3.63) is 71.7 Å². The first-order valence-corrected chi connectivity index (χ1v) is 12.0. The van der Waals surface area contributed by atoms with E-state index < -0.39 is 34.0 Å². The second kappa shape index (κ2) is 9.80. The first-order chi connectivity index (χ1) is 16.7. The summed E-state index contributed by atoms with van der Waals surface area (Å²) < 4.78 is 67.8. The maximum Gasteiger partial charge on any atom is 0.416 e. The number of amides is 1. The molecule has 10 nitrogen and oxygen atoms in total. The molecular weight excluding hydrogens is 484 g/mol. The van der Waals surface area contributed by atoms with Crippen molar-refractivity contribution in [2.45, 2.75) is 26.4 Å². The third-order valence-corrected chi connectivity index (χ3v) is 6.25.